The molecule has 0 aromatic rings. The number of rotatable bonds is 5. The molecule has 4 heteroatoms. The zero-order valence-electron chi connectivity index (χ0n) is 7.26. The second-order valence-electron chi connectivity index (χ2n) is 3.58. The fraction of sp³-hybridized carbons (Fsp3) is 0.750. The van der Waals surface area contributed by atoms with Crippen molar-refractivity contribution in [3.8, 4) is 0 Å². The zero-order valence-corrected chi connectivity index (χ0v) is 8.02. The highest BCUT2D eigenvalue weighted by molar-refractivity contribution is 6.27. The van der Waals surface area contributed by atoms with Gasteiger partial charge in [0.1, 0.15) is 5.78 Å². The number of halogens is 1. The molecule has 0 saturated carbocycles. The lowest BCUT2D eigenvalue weighted by Gasteiger charge is -2.20. The molecule has 0 aliphatic carbocycles. The molecule has 0 aromatic heterocycles. The minimum absolute atomic E-state index is 0.00434. The van der Waals surface area contributed by atoms with E-state index >= 15 is 0 Å². The first-order valence-corrected chi connectivity index (χ1v) is 4.20. The van der Waals surface area contributed by atoms with Crippen molar-refractivity contribution in [2.24, 2.45) is 5.41 Å². The van der Waals surface area contributed by atoms with Gasteiger partial charge in [0.05, 0.1) is 12.3 Å². The van der Waals surface area contributed by atoms with Crippen LogP contribution in [-0.2, 0) is 9.59 Å². The summed E-state index contributed by atoms with van der Waals surface area (Å²) < 4.78 is 0. The van der Waals surface area contributed by atoms with E-state index in [4.69, 9.17) is 16.7 Å². The van der Waals surface area contributed by atoms with Crippen LogP contribution in [0.2, 0.25) is 0 Å². The van der Waals surface area contributed by atoms with E-state index in [1.165, 1.54) is 0 Å². The molecule has 0 unspecified atom stereocenters. The molecule has 0 aliphatic rings. The van der Waals surface area contributed by atoms with Crippen molar-refractivity contribution in [1.82, 2.24) is 0 Å². The number of alkyl halides is 1. The van der Waals surface area contributed by atoms with Gasteiger partial charge in [0.25, 0.3) is 0 Å². The molecular weight excluding hydrogens is 180 g/mol. The molecule has 0 aromatic carbocycles. The standard InChI is InChI=1S/C8H13ClO3/c1-8(2,4-7(11)12)3-6(10)5-9/h3-5H2,1-2H3,(H,11,12). The molecule has 3 nitrogen and oxygen atoms in total. The maximum atomic E-state index is 10.9. The molecule has 0 fully saturated rings. The highest BCUT2D eigenvalue weighted by atomic mass is 35.5. The second-order valence-corrected chi connectivity index (χ2v) is 3.85. The van der Waals surface area contributed by atoms with Crippen LogP contribution in [0.15, 0.2) is 0 Å². The Labute approximate surface area is 76.7 Å². The van der Waals surface area contributed by atoms with E-state index in [1.807, 2.05) is 0 Å². The lowest BCUT2D eigenvalue weighted by atomic mass is 9.84. The maximum Gasteiger partial charge on any atom is 0.303 e. The van der Waals surface area contributed by atoms with Gasteiger partial charge < -0.3 is 5.11 Å². The average Bonchev–Trinajstić information content (AvgIpc) is 1.83. The topological polar surface area (TPSA) is 54.4 Å². The summed E-state index contributed by atoms with van der Waals surface area (Å²) in [6.07, 6.45) is 0.221. The number of hydrogen-bond acceptors (Lipinski definition) is 2. The third-order valence-corrected chi connectivity index (χ3v) is 1.75. The molecule has 12 heavy (non-hydrogen) atoms. The van der Waals surface area contributed by atoms with Gasteiger partial charge in [0, 0.05) is 6.42 Å². The Hall–Kier alpha value is -0.570. The highest BCUT2D eigenvalue weighted by Crippen LogP contribution is 2.25. The van der Waals surface area contributed by atoms with Crippen LogP contribution in [0, 0.1) is 5.41 Å². The first kappa shape index (κ1) is 11.4. The Morgan fingerprint density at radius 3 is 2.17 bits per heavy atom. The second kappa shape index (κ2) is 4.45. The molecular formula is C8H13ClO3. The van der Waals surface area contributed by atoms with Gasteiger partial charge in [-0.2, -0.15) is 0 Å². The van der Waals surface area contributed by atoms with Crippen LogP contribution in [0.5, 0.6) is 0 Å². The van der Waals surface area contributed by atoms with E-state index in [0.29, 0.717) is 0 Å². The van der Waals surface area contributed by atoms with Gasteiger partial charge >= 0.3 is 5.97 Å². The molecule has 0 atom stereocenters. The minimum atomic E-state index is -0.887. The van der Waals surface area contributed by atoms with E-state index in [-0.39, 0.29) is 24.5 Å². The van der Waals surface area contributed by atoms with E-state index in [9.17, 15) is 9.59 Å². The molecule has 0 radical (unpaired) electrons. The van der Waals surface area contributed by atoms with E-state index < -0.39 is 11.4 Å². The predicted octanol–water partition coefficient (Wildman–Crippen LogP) is 1.69. The summed E-state index contributed by atoms with van der Waals surface area (Å²) in [5.41, 5.74) is -0.488. The van der Waals surface area contributed by atoms with Gasteiger partial charge in [0.2, 0.25) is 0 Å². The molecule has 0 saturated heterocycles. The van der Waals surface area contributed by atoms with Crippen molar-refractivity contribution in [1.29, 1.82) is 0 Å². The van der Waals surface area contributed by atoms with E-state index in [2.05, 4.69) is 0 Å². The van der Waals surface area contributed by atoms with Gasteiger partial charge in [-0.3, -0.25) is 9.59 Å². The van der Waals surface area contributed by atoms with Crippen LogP contribution in [0.4, 0.5) is 0 Å². The Morgan fingerprint density at radius 1 is 1.33 bits per heavy atom. The fourth-order valence-corrected chi connectivity index (χ4v) is 1.15. The molecule has 0 spiro atoms. The third-order valence-electron chi connectivity index (χ3n) is 1.45. The number of carbonyl (C=O) groups excluding carboxylic acids is 1. The monoisotopic (exact) mass is 192 g/mol. The summed E-state index contributed by atoms with van der Waals surface area (Å²) in [6, 6.07) is 0. The van der Waals surface area contributed by atoms with Gasteiger partial charge in [0.15, 0.2) is 0 Å². The molecule has 0 amide bonds. The number of ketones is 1. The molecule has 0 aliphatic heterocycles. The van der Waals surface area contributed by atoms with Crippen LogP contribution >= 0.6 is 11.6 Å². The summed E-state index contributed by atoms with van der Waals surface area (Å²) in [5.74, 6) is -1.03. The van der Waals surface area contributed by atoms with Crippen molar-refractivity contribution in [2.75, 3.05) is 5.88 Å². The van der Waals surface area contributed by atoms with Crippen molar-refractivity contribution in [3.63, 3.8) is 0 Å². The number of carboxylic acids is 1. The summed E-state index contributed by atoms with van der Waals surface area (Å²) in [7, 11) is 0. The van der Waals surface area contributed by atoms with Crippen molar-refractivity contribution in [2.45, 2.75) is 26.7 Å². The summed E-state index contributed by atoms with van der Waals surface area (Å²) >= 11 is 5.30. The average molecular weight is 193 g/mol. The lowest BCUT2D eigenvalue weighted by Crippen LogP contribution is -2.21. The van der Waals surface area contributed by atoms with Crippen LogP contribution < -0.4 is 0 Å². The van der Waals surface area contributed by atoms with Crippen LogP contribution in [0.25, 0.3) is 0 Å². The maximum absolute atomic E-state index is 10.9. The number of hydrogen-bond donors (Lipinski definition) is 1. The Balaban J connectivity index is 4.03. The largest absolute Gasteiger partial charge is 0.481 e. The molecule has 1 N–H and O–H groups in total. The molecule has 70 valence electrons. The number of carboxylic acid groups (broad SMARTS) is 1. The molecule has 0 bridgehead atoms. The third kappa shape index (κ3) is 5.13. The summed E-state index contributed by atoms with van der Waals surface area (Å²) in [5, 5.41) is 8.49. The normalized spacial score (nSPS) is 11.2. The van der Waals surface area contributed by atoms with E-state index in [0.717, 1.165) is 0 Å². The van der Waals surface area contributed by atoms with Gasteiger partial charge in [-0.05, 0) is 5.41 Å². The van der Waals surface area contributed by atoms with Gasteiger partial charge in [-0.15, -0.1) is 11.6 Å². The lowest BCUT2D eigenvalue weighted by molar-refractivity contribution is -0.139. The predicted molar refractivity (Wildman–Crippen MR) is 46.4 cm³/mol. The van der Waals surface area contributed by atoms with Crippen LogP contribution in [0.1, 0.15) is 26.7 Å². The van der Waals surface area contributed by atoms with Crippen LogP contribution in [0.3, 0.4) is 0 Å². The number of Topliss-reactive ketones (excluding diaryl/α,β-unsaturated/α-hetero) is 1. The van der Waals surface area contributed by atoms with Crippen molar-refractivity contribution < 1.29 is 14.7 Å². The van der Waals surface area contributed by atoms with Crippen molar-refractivity contribution in [3.05, 3.63) is 0 Å². The molecule has 0 rings (SSSR count). The Bertz CT molecular complexity index is 187. The SMILES string of the molecule is CC(C)(CC(=O)O)CC(=O)CCl. The van der Waals surface area contributed by atoms with Crippen LogP contribution in [-0.4, -0.2) is 22.7 Å². The molecule has 0 heterocycles. The zero-order chi connectivity index (χ0) is 9.78. The highest BCUT2D eigenvalue weighted by Gasteiger charge is 2.24. The smallest absolute Gasteiger partial charge is 0.303 e. The summed E-state index contributed by atoms with van der Waals surface area (Å²) in [4.78, 5) is 21.2. The number of carbonyl (C=O) groups is 2. The Kier molecular flexibility index (Phi) is 4.24. The Morgan fingerprint density at radius 2 is 1.83 bits per heavy atom. The quantitative estimate of drug-likeness (QED) is 0.675. The first-order valence-electron chi connectivity index (χ1n) is 3.67. The summed E-state index contributed by atoms with van der Waals surface area (Å²) in [6.45, 7) is 3.48. The number of aliphatic carboxylic acids is 1. The van der Waals surface area contributed by atoms with Gasteiger partial charge in [-0.25, -0.2) is 0 Å². The fourth-order valence-electron chi connectivity index (χ4n) is 1.05. The van der Waals surface area contributed by atoms with Gasteiger partial charge in [-0.1, -0.05) is 13.8 Å². The van der Waals surface area contributed by atoms with E-state index in [1.54, 1.807) is 13.8 Å². The minimum Gasteiger partial charge on any atom is -0.481 e. The first-order chi connectivity index (χ1) is 5.37. The van der Waals surface area contributed by atoms with Crippen molar-refractivity contribution >= 4 is 23.4 Å².